The van der Waals surface area contributed by atoms with Crippen molar-refractivity contribution in [2.45, 2.75) is 27.2 Å². The molecular weight excluding hydrogens is 188 g/mol. The Morgan fingerprint density at radius 1 is 1.20 bits per heavy atom. The van der Waals surface area contributed by atoms with Gasteiger partial charge in [-0.1, -0.05) is 39.5 Å². The molecule has 0 heterocycles. The second kappa shape index (κ2) is 7.10. The van der Waals surface area contributed by atoms with E-state index < -0.39 is 0 Å². The van der Waals surface area contributed by atoms with Crippen LogP contribution >= 0.6 is 0 Å². The standard InChI is InChI=1S/C12H22N2O/c1-6-10(4)7-14-12(15)8-13-11(5)9(2)3/h9,13H,4-8H2,1-3H3,(H,14,15). The van der Waals surface area contributed by atoms with Crippen LogP contribution in [-0.4, -0.2) is 19.0 Å². The number of nitrogens with one attached hydrogen (secondary N) is 2. The zero-order valence-corrected chi connectivity index (χ0v) is 10.0. The number of rotatable bonds is 7. The highest BCUT2D eigenvalue weighted by atomic mass is 16.1. The number of hydrogen-bond acceptors (Lipinski definition) is 2. The molecule has 0 aromatic rings. The second-order valence-corrected chi connectivity index (χ2v) is 3.91. The molecule has 0 aliphatic rings. The van der Waals surface area contributed by atoms with Gasteiger partial charge in [0.05, 0.1) is 6.54 Å². The molecule has 0 saturated heterocycles. The Morgan fingerprint density at radius 3 is 2.27 bits per heavy atom. The molecule has 0 aromatic heterocycles. The Morgan fingerprint density at radius 2 is 1.80 bits per heavy atom. The van der Waals surface area contributed by atoms with Crippen LogP contribution in [0.3, 0.4) is 0 Å². The van der Waals surface area contributed by atoms with Gasteiger partial charge < -0.3 is 10.6 Å². The molecule has 0 unspecified atom stereocenters. The zero-order chi connectivity index (χ0) is 11.8. The molecule has 86 valence electrons. The van der Waals surface area contributed by atoms with Crippen LogP contribution in [0.5, 0.6) is 0 Å². The summed E-state index contributed by atoms with van der Waals surface area (Å²) >= 11 is 0. The van der Waals surface area contributed by atoms with E-state index in [-0.39, 0.29) is 12.5 Å². The quantitative estimate of drug-likeness (QED) is 0.629. The van der Waals surface area contributed by atoms with Gasteiger partial charge in [0, 0.05) is 12.2 Å². The summed E-state index contributed by atoms with van der Waals surface area (Å²) in [6, 6.07) is 0. The molecule has 0 fully saturated rings. The van der Waals surface area contributed by atoms with E-state index in [9.17, 15) is 4.79 Å². The molecule has 2 N–H and O–H groups in total. The minimum atomic E-state index is -0.0219. The molecule has 3 nitrogen and oxygen atoms in total. The molecule has 0 aromatic carbocycles. The van der Waals surface area contributed by atoms with Gasteiger partial charge in [0.2, 0.25) is 5.91 Å². The van der Waals surface area contributed by atoms with Gasteiger partial charge in [-0.2, -0.15) is 0 Å². The van der Waals surface area contributed by atoms with E-state index in [0.717, 1.165) is 17.7 Å². The van der Waals surface area contributed by atoms with Crippen LogP contribution in [0.2, 0.25) is 0 Å². The molecular formula is C12H22N2O. The Labute approximate surface area is 92.6 Å². The summed E-state index contributed by atoms with van der Waals surface area (Å²) in [5.41, 5.74) is 1.92. The van der Waals surface area contributed by atoms with Gasteiger partial charge >= 0.3 is 0 Å². The van der Waals surface area contributed by atoms with Crippen LogP contribution in [0.25, 0.3) is 0 Å². The van der Waals surface area contributed by atoms with E-state index in [1.807, 2.05) is 20.8 Å². The van der Waals surface area contributed by atoms with Crippen molar-refractivity contribution in [2.75, 3.05) is 13.1 Å². The number of amides is 1. The summed E-state index contributed by atoms with van der Waals surface area (Å²) in [7, 11) is 0. The van der Waals surface area contributed by atoms with Crippen LogP contribution in [0.4, 0.5) is 0 Å². The van der Waals surface area contributed by atoms with Crippen molar-refractivity contribution in [3.63, 3.8) is 0 Å². The summed E-state index contributed by atoms with van der Waals surface area (Å²) in [4.78, 5) is 11.3. The molecule has 0 radical (unpaired) electrons. The molecule has 0 aliphatic heterocycles. The molecule has 0 spiro atoms. The Bertz CT molecular complexity index is 244. The first-order valence-electron chi connectivity index (χ1n) is 5.33. The Kier molecular flexibility index (Phi) is 6.50. The third-order valence-corrected chi connectivity index (χ3v) is 2.21. The third-order valence-electron chi connectivity index (χ3n) is 2.21. The lowest BCUT2D eigenvalue weighted by molar-refractivity contribution is -0.119. The average molecular weight is 210 g/mol. The lowest BCUT2D eigenvalue weighted by Gasteiger charge is -2.12. The Hall–Kier alpha value is -1.25. The maximum Gasteiger partial charge on any atom is 0.239 e. The van der Waals surface area contributed by atoms with Gasteiger partial charge in [-0.05, 0) is 12.3 Å². The van der Waals surface area contributed by atoms with Crippen molar-refractivity contribution in [1.29, 1.82) is 0 Å². The van der Waals surface area contributed by atoms with E-state index in [0.29, 0.717) is 12.5 Å². The molecule has 0 bridgehead atoms. The topological polar surface area (TPSA) is 41.1 Å². The van der Waals surface area contributed by atoms with Gasteiger partial charge in [-0.25, -0.2) is 0 Å². The second-order valence-electron chi connectivity index (χ2n) is 3.91. The fraction of sp³-hybridized carbons (Fsp3) is 0.583. The highest BCUT2D eigenvalue weighted by molar-refractivity contribution is 5.78. The smallest absolute Gasteiger partial charge is 0.239 e. The van der Waals surface area contributed by atoms with Crippen molar-refractivity contribution in [1.82, 2.24) is 10.6 Å². The number of carbonyl (C=O) groups excluding carboxylic acids is 1. The first-order valence-corrected chi connectivity index (χ1v) is 5.33. The molecule has 15 heavy (non-hydrogen) atoms. The predicted molar refractivity (Wildman–Crippen MR) is 64.4 cm³/mol. The minimum absolute atomic E-state index is 0.0219. The predicted octanol–water partition coefficient (Wildman–Crippen LogP) is 1.83. The lowest BCUT2D eigenvalue weighted by atomic mass is 10.1. The zero-order valence-electron chi connectivity index (χ0n) is 10.0. The first kappa shape index (κ1) is 13.8. The van der Waals surface area contributed by atoms with Gasteiger partial charge in [0.1, 0.15) is 0 Å². The molecule has 0 atom stereocenters. The Balaban J connectivity index is 3.67. The van der Waals surface area contributed by atoms with Crippen LogP contribution in [0.1, 0.15) is 27.2 Å². The number of carbonyl (C=O) groups is 1. The minimum Gasteiger partial charge on any atom is -0.380 e. The maximum absolute atomic E-state index is 11.3. The van der Waals surface area contributed by atoms with Gasteiger partial charge in [0.25, 0.3) is 0 Å². The van der Waals surface area contributed by atoms with E-state index in [1.165, 1.54) is 0 Å². The molecule has 0 aliphatic carbocycles. The van der Waals surface area contributed by atoms with Crippen molar-refractivity contribution in [3.05, 3.63) is 24.4 Å². The third kappa shape index (κ3) is 6.77. The van der Waals surface area contributed by atoms with Crippen LogP contribution < -0.4 is 10.6 Å². The highest BCUT2D eigenvalue weighted by Crippen LogP contribution is 2.01. The van der Waals surface area contributed by atoms with Crippen molar-refractivity contribution in [3.8, 4) is 0 Å². The summed E-state index contributed by atoms with van der Waals surface area (Å²) < 4.78 is 0. The normalized spacial score (nSPS) is 9.87. The largest absolute Gasteiger partial charge is 0.380 e. The van der Waals surface area contributed by atoms with Crippen LogP contribution in [0.15, 0.2) is 24.4 Å². The summed E-state index contributed by atoms with van der Waals surface area (Å²) in [5, 5.41) is 5.77. The van der Waals surface area contributed by atoms with Crippen molar-refractivity contribution >= 4 is 5.91 Å². The molecule has 1 amide bonds. The van der Waals surface area contributed by atoms with Crippen LogP contribution in [0, 0.1) is 5.92 Å². The summed E-state index contributed by atoms with van der Waals surface area (Å²) in [6.07, 6.45) is 0.895. The van der Waals surface area contributed by atoms with Gasteiger partial charge in [0.15, 0.2) is 0 Å². The fourth-order valence-corrected chi connectivity index (χ4v) is 0.809. The van der Waals surface area contributed by atoms with E-state index >= 15 is 0 Å². The average Bonchev–Trinajstić information content (AvgIpc) is 2.21. The summed E-state index contributed by atoms with van der Waals surface area (Å²) in [5.74, 6) is 0.329. The SMILES string of the molecule is C=C(CC)CNC(=O)CNC(=C)C(C)C. The van der Waals surface area contributed by atoms with Crippen molar-refractivity contribution < 1.29 is 4.79 Å². The molecule has 0 saturated carbocycles. The van der Waals surface area contributed by atoms with Crippen molar-refractivity contribution in [2.24, 2.45) is 5.92 Å². The van der Waals surface area contributed by atoms with Gasteiger partial charge in [-0.15, -0.1) is 0 Å². The van der Waals surface area contributed by atoms with E-state index in [1.54, 1.807) is 0 Å². The highest BCUT2D eigenvalue weighted by Gasteiger charge is 2.03. The van der Waals surface area contributed by atoms with Crippen LogP contribution in [-0.2, 0) is 4.79 Å². The summed E-state index contributed by atoms with van der Waals surface area (Å²) in [6.45, 7) is 14.6. The van der Waals surface area contributed by atoms with E-state index in [4.69, 9.17) is 0 Å². The maximum atomic E-state index is 11.3. The molecule has 0 rings (SSSR count). The first-order chi connectivity index (χ1) is 6.97. The van der Waals surface area contributed by atoms with E-state index in [2.05, 4.69) is 23.8 Å². The lowest BCUT2D eigenvalue weighted by Crippen LogP contribution is -2.35. The number of hydrogen-bond donors (Lipinski definition) is 2. The number of allylic oxidation sites excluding steroid dienone is 1. The monoisotopic (exact) mass is 210 g/mol. The molecule has 3 heteroatoms. The van der Waals surface area contributed by atoms with Gasteiger partial charge in [-0.3, -0.25) is 4.79 Å². The fourth-order valence-electron chi connectivity index (χ4n) is 0.809.